The van der Waals surface area contributed by atoms with Gasteiger partial charge in [0.25, 0.3) is 5.91 Å². The summed E-state index contributed by atoms with van der Waals surface area (Å²) in [6.07, 6.45) is 0. The number of nitrogen functional groups attached to an aromatic ring is 1. The molecule has 2 aromatic carbocycles. The second-order valence-electron chi connectivity index (χ2n) is 4.79. The summed E-state index contributed by atoms with van der Waals surface area (Å²) in [6.45, 7) is 3.64. The van der Waals surface area contributed by atoms with E-state index < -0.39 is 0 Å². The zero-order chi connectivity index (χ0) is 14.7. The third-order valence-electron chi connectivity index (χ3n) is 3.23. The molecule has 3 N–H and O–H groups in total. The van der Waals surface area contributed by atoms with Crippen molar-refractivity contribution in [3.8, 4) is 0 Å². The quantitative estimate of drug-likeness (QED) is 0.843. The molecule has 104 valence electrons. The summed E-state index contributed by atoms with van der Waals surface area (Å²) >= 11 is 0. The van der Waals surface area contributed by atoms with Crippen LogP contribution in [-0.4, -0.2) is 5.91 Å². The second-order valence-corrected chi connectivity index (χ2v) is 4.79. The fourth-order valence-corrected chi connectivity index (χ4v) is 2.13. The summed E-state index contributed by atoms with van der Waals surface area (Å²) in [5.74, 6) is -0.573. The molecular weight excluding hydrogens is 255 g/mol. The fraction of sp³-hybridized carbons (Fsp3) is 0.188. The molecule has 0 aliphatic carbocycles. The largest absolute Gasteiger partial charge is 0.398 e. The molecule has 20 heavy (non-hydrogen) atoms. The van der Waals surface area contributed by atoms with Gasteiger partial charge in [0, 0.05) is 5.69 Å². The van der Waals surface area contributed by atoms with Gasteiger partial charge in [-0.25, -0.2) is 4.39 Å². The van der Waals surface area contributed by atoms with E-state index in [2.05, 4.69) is 5.32 Å². The first kappa shape index (κ1) is 14.1. The van der Waals surface area contributed by atoms with Crippen LogP contribution in [0.15, 0.2) is 42.5 Å². The predicted octanol–water partition coefficient (Wildman–Crippen LogP) is 3.21. The first-order valence-corrected chi connectivity index (χ1v) is 6.40. The molecule has 0 aromatic heterocycles. The molecule has 0 saturated carbocycles. The third kappa shape index (κ3) is 2.96. The van der Waals surface area contributed by atoms with Crippen LogP contribution in [0.5, 0.6) is 0 Å². The molecule has 0 aliphatic heterocycles. The minimum Gasteiger partial charge on any atom is -0.398 e. The number of aryl methyl sites for hydroxylation is 1. The molecule has 0 heterocycles. The average Bonchev–Trinajstić information content (AvgIpc) is 2.38. The number of hydrogen-bond acceptors (Lipinski definition) is 2. The van der Waals surface area contributed by atoms with Crippen molar-refractivity contribution in [2.24, 2.45) is 0 Å². The highest BCUT2D eigenvalue weighted by Crippen LogP contribution is 2.19. The summed E-state index contributed by atoms with van der Waals surface area (Å²) in [5, 5.41) is 2.84. The highest BCUT2D eigenvalue weighted by atomic mass is 19.1. The summed E-state index contributed by atoms with van der Waals surface area (Å²) in [7, 11) is 0. The van der Waals surface area contributed by atoms with Gasteiger partial charge in [0.1, 0.15) is 5.82 Å². The lowest BCUT2D eigenvalue weighted by molar-refractivity contribution is 0.0940. The van der Waals surface area contributed by atoms with Crippen LogP contribution in [0.1, 0.15) is 34.5 Å². The van der Waals surface area contributed by atoms with Crippen molar-refractivity contribution in [1.82, 2.24) is 5.32 Å². The van der Waals surface area contributed by atoms with Gasteiger partial charge in [-0.1, -0.05) is 24.3 Å². The number of halogens is 1. The van der Waals surface area contributed by atoms with Gasteiger partial charge in [0.05, 0.1) is 11.6 Å². The molecular formula is C16H17FN2O. The van der Waals surface area contributed by atoms with Crippen LogP contribution in [0.4, 0.5) is 10.1 Å². The molecule has 0 bridgehead atoms. The van der Waals surface area contributed by atoms with Crippen molar-refractivity contribution >= 4 is 11.6 Å². The Labute approximate surface area is 117 Å². The van der Waals surface area contributed by atoms with E-state index in [0.29, 0.717) is 16.8 Å². The van der Waals surface area contributed by atoms with Crippen LogP contribution >= 0.6 is 0 Å². The lowest BCUT2D eigenvalue weighted by Gasteiger charge is -2.16. The Balaban J connectivity index is 2.20. The van der Waals surface area contributed by atoms with Crippen molar-refractivity contribution in [2.45, 2.75) is 19.9 Å². The first-order chi connectivity index (χ1) is 9.49. The summed E-state index contributed by atoms with van der Waals surface area (Å²) in [4.78, 5) is 12.3. The topological polar surface area (TPSA) is 55.1 Å². The first-order valence-electron chi connectivity index (χ1n) is 6.40. The van der Waals surface area contributed by atoms with Gasteiger partial charge < -0.3 is 11.1 Å². The SMILES string of the molecule is Cc1cccc(N)c1C(=O)NC(C)c1cccc(F)c1. The number of nitrogens with two attached hydrogens (primary N) is 1. The average molecular weight is 272 g/mol. The molecule has 0 saturated heterocycles. The number of rotatable bonds is 3. The number of nitrogens with one attached hydrogen (secondary N) is 1. The van der Waals surface area contributed by atoms with Crippen molar-refractivity contribution < 1.29 is 9.18 Å². The fourth-order valence-electron chi connectivity index (χ4n) is 2.13. The molecule has 0 aliphatic rings. The van der Waals surface area contributed by atoms with E-state index in [-0.39, 0.29) is 17.8 Å². The third-order valence-corrected chi connectivity index (χ3v) is 3.23. The minimum atomic E-state index is -0.320. The predicted molar refractivity (Wildman–Crippen MR) is 77.9 cm³/mol. The van der Waals surface area contributed by atoms with Gasteiger partial charge in [-0.3, -0.25) is 4.79 Å². The molecule has 1 unspecified atom stereocenters. The lowest BCUT2D eigenvalue weighted by atomic mass is 10.0. The molecule has 1 atom stereocenters. The van der Waals surface area contributed by atoms with Crippen molar-refractivity contribution in [3.63, 3.8) is 0 Å². The Bertz CT molecular complexity index is 620. The van der Waals surface area contributed by atoms with Crippen LogP contribution in [0.2, 0.25) is 0 Å². The highest BCUT2D eigenvalue weighted by molar-refractivity contribution is 6.00. The monoisotopic (exact) mass is 272 g/mol. The Morgan fingerprint density at radius 3 is 2.60 bits per heavy atom. The van der Waals surface area contributed by atoms with Crippen LogP contribution in [0, 0.1) is 12.7 Å². The molecule has 2 aromatic rings. The molecule has 0 fully saturated rings. The summed E-state index contributed by atoms with van der Waals surface area (Å²) in [6, 6.07) is 11.2. The van der Waals surface area contributed by atoms with Gasteiger partial charge in [0.15, 0.2) is 0 Å². The molecule has 3 nitrogen and oxygen atoms in total. The van der Waals surface area contributed by atoms with Gasteiger partial charge in [0.2, 0.25) is 0 Å². The Hall–Kier alpha value is -2.36. The lowest BCUT2D eigenvalue weighted by Crippen LogP contribution is -2.28. The van der Waals surface area contributed by atoms with E-state index in [1.807, 2.05) is 13.0 Å². The molecule has 1 amide bonds. The van der Waals surface area contributed by atoms with E-state index >= 15 is 0 Å². The van der Waals surface area contributed by atoms with Gasteiger partial charge in [-0.2, -0.15) is 0 Å². The second kappa shape index (κ2) is 5.74. The van der Waals surface area contributed by atoms with Gasteiger partial charge in [-0.05, 0) is 43.2 Å². The van der Waals surface area contributed by atoms with Crippen molar-refractivity contribution in [3.05, 3.63) is 65.0 Å². The Kier molecular flexibility index (Phi) is 4.03. The zero-order valence-electron chi connectivity index (χ0n) is 11.5. The van der Waals surface area contributed by atoms with E-state index in [1.54, 1.807) is 31.2 Å². The Morgan fingerprint density at radius 2 is 1.95 bits per heavy atom. The van der Waals surface area contributed by atoms with Crippen molar-refractivity contribution in [1.29, 1.82) is 0 Å². The highest BCUT2D eigenvalue weighted by Gasteiger charge is 2.16. The maximum Gasteiger partial charge on any atom is 0.254 e. The molecule has 4 heteroatoms. The van der Waals surface area contributed by atoms with Crippen molar-refractivity contribution in [2.75, 3.05) is 5.73 Å². The van der Waals surface area contributed by atoms with E-state index in [9.17, 15) is 9.18 Å². The number of carbonyl (C=O) groups excluding carboxylic acids is 1. The van der Waals surface area contributed by atoms with Gasteiger partial charge >= 0.3 is 0 Å². The number of amides is 1. The van der Waals surface area contributed by atoms with E-state index in [4.69, 9.17) is 5.73 Å². The van der Waals surface area contributed by atoms with E-state index in [1.165, 1.54) is 12.1 Å². The van der Waals surface area contributed by atoms with Crippen LogP contribution in [0.3, 0.4) is 0 Å². The standard InChI is InChI=1S/C16H17FN2O/c1-10-5-3-8-14(18)15(10)16(20)19-11(2)12-6-4-7-13(17)9-12/h3-9,11H,18H2,1-2H3,(H,19,20). The molecule has 0 radical (unpaired) electrons. The molecule has 0 spiro atoms. The number of hydrogen-bond donors (Lipinski definition) is 2. The van der Waals surface area contributed by atoms with Crippen LogP contribution in [0.25, 0.3) is 0 Å². The normalized spacial score (nSPS) is 11.9. The van der Waals surface area contributed by atoms with E-state index in [0.717, 1.165) is 5.56 Å². The Morgan fingerprint density at radius 1 is 1.25 bits per heavy atom. The minimum absolute atomic E-state index is 0.252. The summed E-state index contributed by atoms with van der Waals surface area (Å²) < 4.78 is 13.2. The number of carbonyl (C=O) groups is 1. The smallest absolute Gasteiger partial charge is 0.254 e. The van der Waals surface area contributed by atoms with Gasteiger partial charge in [-0.15, -0.1) is 0 Å². The maximum absolute atomic E-state index is 13.2. The number of anilines is 1. The van der Waals surface area contributed by atoms with Crippen LogP contribution in [-0.2, 0) is 0 Å². The zero-order valence-corrected chi connectivity index (χ0v) is 11.5. The summed E-state index contributed by atoms with van der Waals surface area (Å²) in [5.41, 5.74) is 8.27. The van der Waals surface area contributed by atoms with Crippen LogP contribution < -0.4 is 11.1 Å². The number of benzene rings is 2. The molecule has 2 rings (SSSR count). The maximum atomic E-state index is 13.2.